The van der Waals surface area contributed by atoms with E-state index < -0.39 is 0 Å². The van der Waals surface area contributed by atoms with Gasteiger partial charge in [0.15, 0.2) is 0 Å². The van der Waals surface area contributed by atoms with E-state index in [4.69, 9.17) is 0 Å². The van der Waals surface area contributed by atoms with Crippen LogP contribution in [-0.2, 0) is 0 Å². The first-order valence-corrected chi connectivity index (χ1v) is 6.04. The number of aryl methyl sites for hydroxylation is 1. The monoisotopic (exact) mass is 244 g/mol. The molecule has 0 radical (unpaired) electrons. The Kier molecular flexibility index (Phi) is 3.46. The third-order valence-corrected chi connectivity index (χ3v) is 2.87. The van der Waals surface area contributed by atoms with Crippen LogP contribution in [0.15, 0.2) is 29.1 Å². The zero-order valence-electron chi connectivity index (χ0n) is 10.5. The Bertz CT molecular complexity index is 644. The molecule has 1 aromatic heterocycles. The fraction of sp³-hybridized carbons (Fsp3) is 0.286. The van der Waals surface area contributed by atoms with Crippen molar-refractivity contribution in [3.05, 3.63) is 45.7 Å². The highest BCUT2D eigenvalue weighted by Crippen LogP contribution is 2.18. The number of carbonyl (C=O) groups is 1. The van der Waals surface area contributed by atoms with Crippen LogP contribution in [0, 0.1) is 6.92 Å². The van der Waals surface area contributed by atoms with Crippen LogP contribution >= 0.6 is 0 Å². The van der Waals surface area contributed by atoms with Gasteiger partial charge in [0.1, 0.15) is 0 Å². The Morgan fingerprint density at radius 1 is 1.39 bits per heavy atom. The van der Waals surface area contributed by atoms with Crippen molar-refractivity contribution in [3.8, 4) is 0 Å². The van der Waals surface area contributed by atoms with E-state index in [9.17, 15) is 9.59 Å². The van der Waals surface area contributed by atoms with E-state index in [1.54, 1.807) is 0 Å². The molecule has 0 aliphatic carbocycles. The minimum Gasteiger partial charge on any atom is -0.352 e. The van der Waals surface area contributed by atoms with E-state index in [0.717, 1.165) is 22.9 Å². The fourth-order valence-electron chi connectivity index (χ4n) is 1.95. The molecule has 0 aliphatic heterocycles. The van der Waals surface area contributed by atoms with E-state index in [2.05, 4.69) is 10.3 Å². The molecule has 2 N–H and O–H groups in total. The fourth-order valence-corrected chi connectivity index (χ4v) is 1.95. The zero-order valence-corrected chi connectivity index (χ0v) is 10.5. The minimum atomic E-state index is -0.251. The van der Waals surface area contributed by atoms with Gasteiger partial charge in [0.05, 0.1) is 11.1 Å². The van der Waals surface area contributed by atoms with Crippen molar-refractivity contribution in [2.45, 2.75) is 20.3 Å². The molecule has 0 atom stereocenters. The number of H-pyrrole nitrogens is 1. The van der Waals surface area contributed by atoms with Gasteiger partial charge in [0.25, 0.3) is 5.91 Å². The van der Waals surface area contributed by atoms with Gasteiger partial charge in [-0.05, 0) is 18.9 Å². The number of fused-ring (bicyclic) bond motifs is 1. The predicted molar refractivity (Wildman–Crippen MR) is 71.9 cm³/mol. The molecule has 0 aliphatic rings. The Hall–Kier alpha value is -2.10. The normalized spacial score (nSPS) is 10.6. The molecule has 0 fully saturated rings. The maximum Gasteiger partial charge on any atom is 0.252 e. The Morgan fingerprint density at radius 3 is 2.89 bits per heavy atom. The number of hydrogen-bond acceptors (Lipinski definition) is 2. The lowest BCUT2D eigenvalue weighted by Crippen LogP contribution is -2.25. The third-order valence-electron chi connectivity index (χ3n) is 2.87. The molecule has 18 heavy (non-hydrogen) atoms. The van der Waals surface area contributed by atoms with Gasteiger partial charge in [0.2, 0.25) is 5.56 Å². The van der Waals surface area contributed by atoms with Crippen molar-refractivity contribution in [1.29, 1.82) is 0 Å². The van der Waals surface area contributed by atoms with Gasteiger partial charge in [-0.25, -0.2) is 0 Å². The molecule has 2 rings (SSSR count). The molecule has 0 bridgehead atoms. The van der Waals surface area contributed by atoms with E-state index in [1.165, 1.54) is 6.07 Å². The van der Waals surface area contributed by atoms with Crippen molar-refractivity contribution in [2.24, 2.45) is 0 Å². The van der Waals surface area contributed by atoms with Crippen molar-refractivity contribution >= 4 is 16.8 Å². The van der Waals surface area contributed by atoms with Crippen LogP contribution in [0.5, 0.6) is 0 Å². The van der Waals surface area contributed by atoms with Crippen LogP contribution in [0.1, 0.15) is 29.3 Å². The molecule has 1 heterocycles. The number of pyridine rings is 1. The molecule has 1 amide bonds. The second-order valence-electron chi connectivity index (χ2n) is 4.30. The van der Waals surface area contributed by atoms with E-state index in [1.807, 2.05) is 32.0 Å². The molecule has 4 heteroatoms. The number of carbonyl (C=O) groups excluding carboxylic acids is 1. The highest BCUT2D eigenvalue weighted by molar-refractivity contribution is 6.06. The highest BCUT2D eigenvalue weighted by Gasteiger charge is 2.11. The van der Waals surface area contributed by atoms with Gasteiger partial charge in [-0.2, -0.15) is 0 Å². The number of amides is 1. The van der Waals surface area contributed by atoms with Crippen molar-refractivity contribution in [3.63, 3.8) is 0 Å². The first-order chi connectivity index (χ1) is 8.63. The lowest BCUT2D eigenvalue weighted by atomic mass is 10.1. The van der Waals surface area contributed by atoms with Crippen molar-refractivity contribution in [1.82, 2.24) is 10.3 Å². The lowest BCUT2D eigenvalue weighted by molar-refractivity contribution is 0.0955. The standard InChI is InChI=1S/C14H16N2O2/c1-3-7-15-14(18)11-8-12(17)16-13-9(2)5-4-6-10(11)13/h4-6,8H,3,7H2,1-2H3,(H,15,18)(H,16,17). The molecular weight excluding hydrogens is 228 g/mol. The summed E-state index contributed by atoms with van der Waals surface area (Å²) in [7, 11) is 0. The Labute approximate surface area is 105 Å². The summed E-state index contributed by atoms with van der Waals surface area (Å²) in [4.78, 5) is 26.4. The smallest absolute Gasteiger partial charge is 0.252 e. The van der Waals surface area contributed by atoms with E-state index >= 15 is 0 Å². The van der Waals surface area contributed by atoms with E-state index in [0.29, 0.717) is 12.1 Å². The number of rotatable bonds is 3. The molecule has 2 aromatic rings. The third kappa shape index (κ3) is 2.27. The predicted octanol–water partition coefficient (Wildman–Crippen LogP) is 1.98. The number of benzene rings is 1. The van der Waals surface area contributed by atoms with Crippen molar-refractivity contribution in [2.75, 3.05) is 6.54 Å². The summed E-state index contributed by atoms with van der Waals surface area (Å²) in [5.41, 5.74) is 1.87. The number of hydrogen-bond donors (Lipinski definition) is 2. The second kappa shape index (κ2) is 5.04. The maximum absolute atomic E-state index is 12.0. The van der Waals surface area contributed by atoms with Crippen LogP contribution in [0.25, 0.3) is 10.9 Å². The van der Waals surface area contributed by atoms with Gasteiger partial charge in [-0.15, -0.1) is 0 Å². The number of aromatic amines is 1. The summed E-state index contributed by atoms with van der Waals surface area (Å²) in [6.07, 6.45) is 0.867. The van der Waals surface area contributed by atoms with Crippen LogP contribution in [0.2, 0.25) is 0 Å². The summed E-state index contributed by atoms with van der Waals surface area (Å²) in [5.74, 6) is -0.196. The van der Waals surface area contributed by atoms with Crippen LogP contribution < -0.4 is 10.9 Å². The van der Waals surface area contributed by atoms with Gasteiger partial charge < -0.3 is 10.3 Å². The SMILES string of the molecule is CCCNC(=O)c1cc(=O)[nH]c2c(C)cccc12. The molecule has 94 valence electrons. The number of nitrogens with one attached hydrogen (secondary N) is 2. The second-order valence-corrected chi connectivity index (χ2v) is 4.30. The topological polar surface area (TPSA) is 62.0 Å². The molecule has 0 saturated carbocycles. The zero-order chi connectivity index (χ0) is 13.1. The van der Waals surface area contributed by atoms with Crippen LogP contribution in [0.3, 0.4) is 0 Å². The summed E-state index contributed by atoms with van der Waals surface area (Å²) in [6, 6.07) is 6.99. The lowest BCUT2D eigenvalue weighted by Gasteiger charge is -2.08. The summed E-state index contributed by atoms with van der Waals surface area (Å²) < 4.78 is 0. The molecule has 0 spiro atoms. The van der Waals surface area contributed by atoms with Gasteiger partial charge in [-0.3, -0.25) is 9.59 Å². The summed E-state index contributed by atoms with van der Waals surface area (Å²) in [5, 5.41) is 3.58. The molecule has 1 aromatic carbocycles. The average Bonchev–Trinajstić information content (AvgIpc) is 2.36. The van der Waals surface area contributed by atoms with Crippen molar-refractivity contribution < 1.29 is 4.79 Å². The Balaban J connectivity index is 2.60. The highest BCUT2D eigenvalue weighted by atomic mass is 16.2. The number of aromatic nitrogens is 1. The van der Waals surface area contributed by atoms with Gasteiger partial charge in [-0.1, -0.05) is 25.1 Å². The van der Waals surface area contributed by atoms with Gasteiger partial charge in [0, 0.05) is 18.0 Å². The van der Waals surface area contributed by atoms with Crippen LogP contribution in [0.4, 0.5) is 0 Å². The maximum atomic E-state index is 12.0. The molecular formula is C14H16N2O2. The first kappa shape index (κ1) is 12.4. The Morgan fingerprint density at radius 2 is 2.17 bits per heavy atom. The summed E-state index contributed by atoms with van der Waals surface area (Å²) >= 11 is 0. The molecule has 0 saturated heterocycles. The molecule has 0 unspecified atom stereocenters. The summed E-state index contributed by atoms with van der Waals surface area (Å²) in [6.45, 7) is 4.51. The van der Waals surface area contributed by atoms with Gasteiger partial charge >= 0.3 is 0 Å². The van der Waals surface area contributed by atoms with Crippen LogP contribution in [-0.4, -0.2) is 17.4 Å². The first-order valence-electron chi connectivity index (χ1n) is 6.04. The number of para-hydroxylation sites is 1. The van der Waals surface area contributed by atoms with E-state index in [-0.39, 0.29) is 11.5 Å². The molecule has 4 nitrogen and oxygen atoms in total. The quantitative estimate of drug-likeness (QED) is 0.867. The minimum absolute atomic E-state index is 0.196. The average molecular weight is 244 g/mol. The largest absolute Gasteiger partial charge is 0.352 e.